The van der Waals surface area contributed by atoms with Crippen molar-refractivity contribution in [2.75, 3.05) is 0 Å². The van der Waals surface area contributed by atoms with Crippen molar-refractivity contribution in [2.24, 2.45) is 5.73 Å². The molecule has 0 radical (unpaired) electrons. The molecule has 104 valence electrons. The lowest BCUT2D eigenvalue weighted by Gasteiger charge is -2.18. The summed E-state index contributed by atoms with van der Waals surface area (Å²) in [7, 11) is 0. The van der Waals surface area contributed by atoms with Crippen molar-refractivity contribution in [3.8, 4) is 0 Å². The number of hydrogen-bond donors (Lipinski definition) is 2. The Balaban J connectivity index is 0.00000133. The largest absolute Gasteiger partial charge is 0.416 e. The van der Waals surface area contributed by atoms with Gasteiger partial charge in [0.15, 0.2) is 0 Å². The summed E-state index contributed by atoms with van der Waals surface area (Å²) in [4.78, 5) is 3.15. The Kier molecular flexibility index (Phi) is 3.53. The molecular weight excluding hydrogens is 277 g/mol. The van der Waals surface area contributed by atoms with E-state index < -0.39 is 11.7 Å². The van der Waals surface area contributed by atoms with Crippen LogP contribution in [0.1, 0.15) is 35.7 Å². The zero-order valence-electron chi connectivity index (χ0n) is 10.1. The minimum absolute atomic E-state index is 0. The zero-order chi connectivity index (χ0) is 12.9. The standard InChI is InChI=1S/C13H13F3N2.ClH/c14-13(15,16)7-4-5-11-9(6-7)8-2-1-3-10(17)12(8)18-11;/h4-6,10,18H,1-3,17H2;1H. The van der Waals surface area contributed by atoms with Gasteiger partial charge in [-0.2, -0.15) is 13.2 Å². The molecule has 0 aliphatic heterocycles. The quantitative estimate of drug-likeness (QED) is 0.758. The van der Waals surface area contributed by atoms with Crippen LogP contribution in [0.3, 0.4) is 0 Å². The van der Waals surface area contributed by atoms with Crippen LogP contribution in [0.4, 0.5) is 13.2 Å². The third-order valence-corrected chi connectivity index (χ3v) is 3.58. The third kappa shape index (κ3) is 2.32. The van der Waals surface area contributed by atoms with Crippen molar-refractivity contribution in [3.63, 3.8) is 0 Å². The Hall–Kier alpha value is -1.20. The zero-order valence-corrected chi connectivity index (χ0v) is 10.9. The summed E-state index contributed by atoms with van der Waals surface area (Å²) in [6.07, 6.45) is -1.69. The van der Waals surface area contributed by atoms with E-state index in [1.165, 1.54) is 12.1 Å². The van der Waals surface area contributed by atoms with Crippen LogP contribution < -0.4 is 5.73 Å². The fourth-order valence-electron chi connectivity index (χ4n) is 2.67. The van der Waals surface area contributed by atoms with Gasteiger partial charge in [0.05, 0.1) is 5.56 Å². The van der Waals surface area contributed by atoms with E-state index in [-0.39, 0.29) is 18.4 Å². The molecule has 1 unspecified atom stereocenters. The van der Waals surface area contributed by atoms with Gasteiger partial charge in [-0.25, -0.2) is 0 Å². The molecule has 1 aromatic carbocycles. The van der Waals surface area contributed by atoms with Crippen LogP contribution in [0.15, 0.2) is 18.2 Å². The Labute approximate surface area is 114 Å². The van der Waals surface area contributed by atoms with Crippen LogP contribution in [0, 0.1) is 0 Å². The van der Waals surface area contributed by atoms with E-state index in [0.29, 0.717) is 5.39 Å². The van der Waals surface area contributed by atoms with Crippen molar-refractivity contribution in [2.45, 2.75) is 31.5 Å². The predicted molar refractivity (Wildman–Crippen MR) is 70.4 cm³/mol. The normalized spacial score (nSPS) is 19.1. The van der Waals surface area contributed by atoms with Gasteiger partial charge in [-0.3, -0.25) is 0 Å². The number of aromatic amines is 1. The van der Waals surface area contributed by atoms with Crippen molar-refractivity contribution >= 4 is 23.3 Å². The molecule has 19 heavy (non-hydrogen) atoms. The van der Waals surface area contributed by atoms with E-state index in [1.807, 2.05) is 0 Å². The molecule has 0 saturated carbocycles. The molecule has 0 bridgehead atoms. The highest BCUT2D eigenvalue weighted by molar-refractivity contribution is 5.86. The lowest BCUT2D eigenvalue weighted by atomic mass is 9.92. The summed E-state index contributed by atoms with van der Waals surface area (Å²) in [5.41, 5.74) is 7.97. The molecule has 2 aromatic rings. The monoisotopic (exact) mass is 290 g/mol. The molecular formula is C13H14ClF3N2. The molecule has 1 aromatic heterocycles. The van der Waals surface area contributed by atoms with E-state index >= 15 is 0 Å². The third-order valence-electron chi connectivity index (χ3n) is 3.58. The molecule has 0 spiro atoms. The second-order valence-corrected chi connectivity index (χ2v) is 4.77. The average molecular weight is 291 g/mol. The fraction of sp³-hybridized carbons (Fsp3) is 0.385. The van der Waals surface area contributed by atoms with Gasteiger partial charge in [0.2, 0.25) is 0 Å². The van der Waals surface area contributed by atoms with Crippen molar-refractivity contribution in [3.05, 3.63) is 35.0 Å². The molecule has 3 N–H and O–H groups in total. The van der Waals surface area contributed by atoms with Crippen molar-refractivity contribution in [1.82, 2.24) is 4.98 Å². The molecule has 1 heterocycles. The number of nitrogens with two attached hydrogens (primary N) is 1. The number of aryl methyl sites for hydroxylation is 1. The van der Waals surface area contributed by atoms with Crippen LogP contribution in [0.2, 0.25) is 0 Å². The smallest absolute Gasteiger partial charge is 0.357 e. The first kappa shape index (κ1) is 14.2. The van der Waals surface area contributed by atoms with E-state index in [4.69, 9.17) is 5.73 Å². The predicted octanol–water partition coefficient (Wildman–Crippen LogP) is 3.94. The number of aromatic nitrogens is 1. The topological polar surface area (TPSA) is 41.8 Å². The lowest BCUT2D eigenvalue weighted by molar-refractivity contribution is -0.137. The van der Waals surface area contributed by atoms with Gasteiger partial charge in [0.1, 0.15) is 0 Å². The maximum Gasteiger partial charge on any atom is 0.416 e. The summed E-state index contributed by atoms with van der Waals surface area (Å²) in [6.45, 7) is 0. The highest BCUT2D eigenvalue weighted by Crippen LogP contribution is 2.37. The van der Waals surface area contributed by atoms with Gasteiger partial charge in [-0.05, 0) is 43.0 Å². The van der Waals surface area contributed by atoms with Crippen LogP contribution in [0.5, 0.6) is 0 Å². The molecule has 0 saturated heterocycles. The van der Waals surface area contributed by atoms with Crippen LogP contribution >= 0.6 is 12.4 Å². The summed E-state index contributed by atoms with van der Waals surface area (Å²) >= 11 is 0. The summed E-state index contributed by atoms with van der Waals surface area (Å²) in [6, 6.07) is 3.73. The first-order valence-electron chi connectivity index (χ1n) is 5.94. The fourth-order valence-corrected chi connectivity index (χ4v) is 2.67. The number of halogens is 4. The van der Waals surface area contributed by atoms with Crippen LogP contribution in [-0.2, 0) is 12.6 Å². The SMILES string of the molecule is Cl.NC1CCCc2c1[nH]c1ccc(C(F)(F)F)cc21. The molecule has 6 heteroatoms. The highest BCUT2D eigenvalue weighted by atomic mass is 35.5. The number of rotatable bonds is 0. The van der Waals surface area contributed by atoms with E-state index in [0.717, 1.165) is 42.1 Å². The number of alkyl halides is 3. The second kappa shape index (κ2) is 4.72. The van der Waals surface area contributed by atoms with Gasteiger partial charge >= 0.3 is 6.18 Å². The molecule has 0 fully saturated rings. The molecule has 3 rings (SSSR count). The summed E-state index contributed by atoms with van der Waals surface area (Å²) in [5.74, 6) is 0. The molecule has 1 atom stereocenters. The van der Waals surface area contributed by atoms with Gasteiger partial charge in [0, 0.05) is 22.6 Å². The molecule has 1 aliphatic carbocycles. The van der Waals surface area contributed by atoms with Gasteiger partial charge in [-0.1, -0.05) is 0 Å². The number of nitrogens with one attached hydrogen (secondary N) is 1. The Morgan fingerprint density at radius 3 is 2.68 bits per heavy atom. The van der Waals surface area contributed by atoms with Gasteiger partial charge < -0.3 is 10.7 Å². The molecule has 1 aliphatic rings. The Morgan fingerprint density at radius 2 is 2.00 bits per heavy atom. The summed E-state index contributed by atoms with van der Waals surface area (Å²) in [5, 5.41) is 0.662. The van der Waals surface area contributed by atoms with E-state index in [1.54, 1.807) is 0 Å². The van der Waals surface area contributed by atoms with Gasteiger partial charge in [0.25, 0.3) is 0 Å². The van der Waals surface area contributed by atoms with Crippen molar-refractivity contribution < 1.29 is 13.2 Å². The van der Waals surface area contributed by atoms with Crippen LogP contribution in [-0.4, -0.2) is 4.98 Å². The minimum Gasteiger partial charge on any atom is -0.357 e. The maximum atomic E-state index is 12.7. The molecule has 2 nitrogen and oxygen atoms in total. The lowest BCUT2D eigenvalue weighted by Crippen LogP contribution is -2.16. The first-order chi connectivity index (χ1) is 8.47. The molecule has 0 amide bonds. The van der Waals surface area contributed by atoms with E-state index in [9.17, 15) is 13.2 Å². The highest BCUT2D eigenvalue weighted by Gasteiger charge is 2.31. The number of fused-ring (bicyclic) bond motifs is 3. The Morgan fingerprint density at radius 1 is 1.26 bits per heavy atom. The number of hydrogen-bond acceptors (Lipinski definition) is 1. The number of H-pyrrole nitrogens is 1. The van der Waals surface area contributed by atoms with Crippen molar-refractivity contribution in [1.29, 1.82) is 0 Å². The average Bonchev–Trinajstić information content (AvgIpc) is 2.67. The second-order valence-electron chi connectivity index (χ2n) is 4.77. The summed E-state index contributed by atoms with van der Waals surface area (Å²) < 4.78 is 38.1. The maximum absolute atomic E-state index is 12.7. The number of benzene rings is 1. The van der Waals surface area contributed by atoms with Crippen LogP contribution in [0.25, 0.3) is 10.9 Å². The first-order valence-corrected chi connectivity index (χ1v) is 5.94. The van der Waals surface area contributed by atoms with Gasteiger partial charge in [-0.15, -0.1) is 12.4 Å². The minimum atomic E-state index is -4.30. The Bertz CT molecular complexity index is 604. The van der Waals surface area contributed by atoms with E-state index in [2.05, 4.69) is 4.98 Å².